The third kappa shape index (κ3) is 10.0. The first kappa shape index (κ1) is 22.4. The summed E-state index contributed by atoms with van der Waals surface area (Å²) >= 11 is 5.87. The monoisotopic (exact) mass is 474 g/mol. The van der Waals surface area contributed by atoms with E-state index in [-0.39, 0.29) is 24.0 Å². The first-order valence-electron chi connectivity index (χ1n) is 6.92. The van der Waals surface area contributed by atoms with Crippen molar-refractivity contribution >= 4 is 51.6 Å². The van der Waals surface area contributed by atoms with Crippen molar-refractivity contribution in [1.29, 1.82) is 0 Å². The first-order chi connectivity index (χ1) is 10.3. The van der Waals surface area contributed by atoms with Crippen LogP contribution in [0, 0.1) is 0 Å². The predicted molar refractivity (Wildman–Crippen MR) is 107 cm³/mol. The van der Waals surface area contributed by atoms with Crippen LogP contribution in [0.4, 0.5) is 0 Å². The van der Waals surface area contributed by atoms with Gasteiger partial charge in [-0.15, -0.1) is 24.0 Å². The van der Waals surface area contributed by atoms with Crippen molar-refractivity contribution in [3.8, 4) is 0 Å². The summed E-state index contributed by atoms with van der Waals surface area (Å²) in [5.41, 5.74) is 1.13. The zero-order valence-electron chi connectivity index (χ0n) is 13.5. The molecule has 9 heteroatoms. The van der Waals surface area contributed by atoms with Crippen LogP contribution in [0.15, 0.2) is 29.3 Å². The highest BCUT2D eigenvalue weighted by molar-refractivity contribution is 14.0. The van der Waals surface area contributed by atoms with Crippen LogP contribution in [0.5, 0.6) is 0 Å². The van der Waals surface area contributed by atoms with Crippen LogP contribution in [0.2, 0.25) is 5.02 Å². The van der Waals surface area contributed by atoms with Crippen LogP contribution in [-0.2, 0) is 16.6 Å². The van der Waals surface area contributed by atoms with E-state index >= 15 is 0 Å². The van der Waals surface area contributed by atoms with Crippen molar-refractivity contribution in [3.05, 3.63) is 34.9 Å². The number of nitrogens with zero attached hydrogens (tertiary/aromatic N) is 2. The van der Waals surface area contributed by atoms with Gasteiger partial charge in [0.2, 0.25) is 10.0 Å². The number of rotatable bonds is 7. The SMILES string of the molecule is CN=C(NCCCNS(C)(=O)=O)N(C)Cc1ccc(Cl)cc1.I. The zero-order valence-corrected chi connectivity index (χ0v) is 17.4. The van der Waals surface area contributed by atoms with E-state index in [4.69, 9.17) is 11.6 Å². The third-order valence-corrected chi connectivity index (χ3v) is 3.89. The van der Waals surface area contributed by atoms with E-state index in [0.29, 0.717) is 31.1 Å². The van der Waals surface area contributed by atoms with Gasteiger partial charge in [0.15, 0.2) is 5.96 Å². The van der Waals surface area contributed by atoms with Gasteiger partial charge < -0.3 is 10.2 Å². The molecule has 1 aromatic rings. The van der Waals surface area contributed by atoms with Crippen molar-refractivity contribution in [2.24, 2.45) is 4.99 Å². The fourth-order valence-electron chi connectivity index (χ4n) is 1.87. The highest BCUT2D eigenvalue weighted by Crippen LogP contribution is 2.10. The third-order valence-electron chi connectivity index (χ3n) is 2.91. The molecule has 1 rings (SSSR count). The van der Waals surface area contributed by atoms with E-state index in [1.807, 2.05) is 36.2 Å². The molecule has 0 atom stereocenters. The number of nitrogens with one attached hydrogen (secondary N) is 2. The van der Waals surface area contributed by atoms with Gasteiger partial charge in [0.25, 0.3) is 0 Å². The van der Waals surface area contributed by atoms with Crippen molar-refractivity contribution in [2.75, 3.05) is 33.4 Å². The topological polar surface area (TPSA) is 73.8 Å². The summed E-state index contributed by atoms with van der Waals surface area (Å²) in [4.78, 5) is 6.21. The normalized spacial score (nSPS) is 11.7. The van der Waals surface area contributed by atoms with Crippen LogP contribution in [0.3, 0.4) is 0 Å². The van der Waals surface area contributed by atoms with Crippen LogP contribution in [0.25, 0.3) is 0 Å². The number of halogens is 2. The standard InChI is InChI=1S/C14H23ClN4O2S.HI/c1-16-14(17-9-4-10-18-22(3,20)21)19(2)11-12-5-7-13(15)8-6-12;/h5-8,18H,4,9-11H2,1-3H3,(H,16,17);1H. The molecule has 6 nitrogen and oxygen atoms in total. The minimum absolute atomic E-state index is 0. The van der Waals surface area contributed by atoms with E-state index in [9.17, 15) is 8.42 Å². The number of hydrogen-bond acceptors (Lipinski definition) is 3. The molecule has 0 fully saturated rings. The van der Waals surface area contributed by atoms with E-state index in [0.717, 1.165) is 17.8 Å². The van der Waals surface area contributed by atoms with E-state index in [2.05, 4.69) is 15.0 Å². The zero-order chi connectivity index (χ0) is 16.6. The van der Waals surface area contributed by atoms with Crippen LogP contribution in [-0.4, -0.2) is 52.7 Å². The average Bonchev–Trinajstić information content (AvgIpc) is 2.44. The molecule has 1 aromatic carbocycles. The Morgan fingerprint density at radius 2 is 1.87 bits per heavy atom. The second kappa shape index (κ2) is 11.1. The van der Waals surface area contributed by atoms with Gasteiger partial charge in [0.05, 0.1) is 6.26 Å². The number of hydrogen-bond donors (Lipinski definition) is 2. The number of aliphatic imine (C=N–C) groups is 1. The molecule has 0 heterocycles. The van der Waals surface area contributed by atoms with Gasteiger partial charge in [0, 0.05) is 38.8 Å². The summed E-state index contributed by atoms with van der Waals surface area (Å²) in [5.74, 6) is 0.759. The molecular formula is C14H24ClIN4O2S. The molecule has 0 unspecified atom stereocenters. The fraction of sp³-hybridized carbons (Fsp3) is 0.500. The molecule has 23 heavy (non-hydrogen) atoms. The predicted octanol–water partition coefficient (Wildman–Crippen LogP) is 1.90. The Labute approximate surface area is 160 Å². The summed E-state index contributed by atoms with van der Waals surface area (Å²) in [6, 6.07) is 7.67. The molecule has 0 aromatic heterocycles. The van der Waals surface area contributed by atoms with Crippen molar-refractivity contribution in [1.82, 2.24) is 14.9 Å². The maximum absolute atomic E-state index is 10.9. The van der Waals surface area contributed by atoms with Crippen molar-refractivity contribution in [3.63, 3.8) is 0 Å². The Kier molecular flexibility index (Phi) is 10.8. The van der Waals surface area contributed by atoms with Crippen molar-refractivity contribution < 1.29 is 8.42 Å². The maximum Gasteiger partial charge on any atom is 0.208 e. The quantitative estimate of drug-likeness (QED) is 0.274. The summed E-state index contributed by atoms with van der Waals surface area (Å²) < 4.78 is 24.3. The summed E-state index contributed by atoms with van der Waals surface area (Å²) in [5, 5.41) is 3.92. The van der Waals surface area contributed by atoms with Gasteiger partial charge in [-0.3, -0.25) is 4.99 Å². The molecular weight excluding hydrogens is 451 g/mol. The molecule has 0 saturated heterocycles. The molecule has 0 spiro atoms. The highest BCUT2D eigenvalue weighted by Gasteiger charge is 2.06. The molecule has 0 aliphatic carbocycles. The fourth-order valence-corrected chi connectivity index (χ4v) is 2.51. The maximum atomic E-state index is 10.9. The van der Waals surface area contributed by atoms with Gasteiger partial charge in [-0.1, -0.05) is 23.7 Å². The second-order valence-electron chi connectivity index (χ2n) is 4.98. The van der Waals surface area contributed by atoms with Gasteiger partial charge in [-0.05, 0) is 24.1 Å². The van der Waals surface area contributed by atoms with E-state index < -0.39 is 10.0 Å². The Balaban J connectivity index is 0.00000484. The Bertz CT molecular complexity index is 593. The summed E-state index contributed by atoms with van der Waals surface area (Å²) in [6.07, 6.45) is 1.83. The molecule has 0 saturated carbocycles. The van der Waals surface area contributed by atoms with E-state index in [1.54, 1.807) is 7.05 Å². The van der Waals surface area contributed by atoms with E-state index in [1.165, 1.54) is 0 Å². The first-order valence-corrected chi connectivity index (χ1v) is 9.19. The Morgan fingerprint density at radius 3 is 2.39 bits per heavy atom. The lowest BCUT2D eigenvalue weighted by Crippen LogP contribution is -2.39. The molecule has 2 N–H and O–H groups in total. The highest BCUT2D eigenvalue weighted by atomic mass is 127. The lowest BCUT2D eigenvalue weighted by molar-refractivity contribution is 0.475. The molecule has 132 valence electrons. The summed E-state index contributed by atoms with van der Waals surface area (Å²) in [6.45, 7) is 1.75. The van der Waals surface area contributed by atoms with Crippen molar-refractivity contribution in [2.45, 2.75) is 13.0 Å². The smallest absolute Gasteiger partial charge is 0.208 e. The Hall–Kier alpha value is -0.580. The molecule has 0 aliphatic heterocycles. The van der Waals surface area contributed by atoms with Crippen LogP contribution >= 0.6 is 35.6 Å². The number of benzene rings is 1. The molecule has 0 radical (unpaired) electrons. The minimum Gasteiger partial charge on any atom is -0.356 e. The lowest BCUT2D eigenvalue weighted by Gasteiger charge is -2.22. The number of sulfonamides is 1. The summed E-state index contributed by atoms with van der Waals surface area (Å²) in [7, 11) is 0.541. The number of guanidine groups is 1. The molecule has 0 aliphatic rings. The average molecular weight is 475 g/mol. The van der Waals surface area contributed by atoms with Gasteiger partial charge in [0.1, 0.15) is 0 Å². The molecule has 0 amide bonds. The lowest BCUT2D eigenvalue weighted by atomic mass is 10.2. The van der Waals surface area contributed by atoms with Gasteiger partial charge in [-0.2, -0.15) is 0 Å². The van der Waals surface area contributed by atoms with Crippen LogP contribution in [0.1, 0.15) is 12.0 Å². The Morgan fingerprint density at radius 1 is 1.26 bits per heavy atom. The minimum atomic E-state index is -3.12. The second-order valence-corrected chi connectivity index (χ2v) is 7.25. The van der Waals surface area contributed by atoms with Gasteiger partial charge >= 0.3 is 0 Å². The molecule has 0 bridgehead atoms. The van der Waals surface area contributed by atoms with Gasteiger partial charge in [-0.25, -0.2) is 13.1 Å². The largest absolute Gasteiger partial charge is 0.356 e. The van der Waals surface area contributed by atoms with Crippen LogP contribution < -0.4 is 10.0 Å².